The lowest BCUT2D eigenvalue weighted by Crippen LogP contribution is -2.05. The lowest BCUT2D eigenvalue weighted by Gasteiger charge is -2.07. The van der Waals surface area contributed by atoms with Gasteiger partial charge in [-0.05, 0) is 24.6 Å². The number of rotatable bonds is 3. The second-order valence-electron chi connectivity index (χ2n) is 2.91. The molecule has 0 aliphatic heterocycles. The number of nitrogens with zero attached hydrogens (tertiary/aromatic N) is 1. The minimum atomic E-state index is -4.31. The average Bonchev–Trinajstić information content (AvgIpc) is 2.17. The maximum atomic E-state index is 12.3. The van der Waals surface area contributed by atoms with Crippen LogP contribution in [-0.4, -0.2) is 6.21 Å². The number of nitrogens with one attached hydrogen (secondary N) is 1. The summed E-state index contributed by atoms with van der Waals surface area (Å²) in [5, 5.41) is 3.74. The summed E-state index contributed by atoms with van der Waals surface area (Å²) in [6.45, 7) is 1.89. The molecule has 0 saturated heterocycles. The fourth-order valence-corrected chi connectivity index (χ4v) is 0.977. The predicted molar refractivity (Wildman–Crippen MR) is 53.8 cm³/mol. The SMILES string of the molecule is CCC=NNc1cccc(C(F)(F)F)c1. The van der Waals surface area contributed by atoms with Crippen molar-refractivity contribution in [3.05, 3.63) is 29.8 Å². The smallest absolute Gasteiger partial charge is 0.279 e. The molecule has 0 bridgehead atoms. The third kappa shape index (κ3) is 3.61. The number of anilines is 1. The summed E-state index contributed by atoms with van der Waals surface area (Å²) in [7, 11) is 0. The highest BCUT2D eigenvalue weighted by molar-refractivity contribution is 5.59. The van der Waals surface area contributed by atoms with Crippen LogP contribution in [0.1, 0.15) is 18.9 Å². The van der Waals surface area contributed by atoms with E-state index in [9.17, 15) is 13.2 Å². The van der Waals surface area contributed by atoms with E-state index in [2.05, 4.69) is 10.5 Å². The Balaban J connectivity index is 2.79. The molecule has 0 radical (unpaired) electrons. The quantitative estimate of drug-likeness (QED) is 0.606. The Kier molecular flexibility index (Phi) is 3.71. The molecule has 0 heterocycles. The number of benzene rings is 1. The Hall–Kier alpha value is -1.52. The number of halogens is 3. The molecule has 1 rings (SSSR count). The molecule has 5 heteroatoms. The van der Waals surface area contributed by atoms with E-state index in [1.807, 2.05) is 6.92 Å². The summed E-state index contributed by atoms with van der Waals surface area (Å²) in [5.41, 5.74) is 2.17. The molecule has 15 heavy (non-hydrogen) atoms. The summed E-state index contributed by atoms with van der Waals surface area (Å²) in [6.07, 6.45) is -2.00. The fourth-order valence-electron chi connectivity index (χ4n) is 0.977. The van der Waals surface area contributed by atoms with Crippen LogP contribution in [0.3, 0.4) is 0 Å². The first-order valence-corrected chi connectivity index (χ1v) is 4.49. The van der Waals surface area contributed by atoms with Crippen molar-refractivity contribution >= 4 is 11.9 Å². The molecule has 0 aromatic heterocycles. The van der Waals surface area contributed by atoms with Gasteiger partial charge in [-0.3, -0.25) is 5.43 Å². The Morgan fingerprint density at radius 2 is 2.13 bits per heavy atom. The van der Waals surface area contributed by atoms with E-state index in [0.29, 0.717) is 5.69 Å². The van der Waals surface area contributed by atoms with Crippen LogP contribution < -0.4 is 5.43 Å². The Morgan fingerprint density at radius 1 is 1.40 bits per heavy atom. The monoisotopic (exact) mass is 216 g/mol. The van der Waals surface area contributed by atoms with E-state index in [-0.39, 0.29) is 0 Å². The van der Waals surface area contributed by atoms with Crippen molar-refractivity contribution in [3.63, 3.8) is 0 Å². The highest BCUT2D eigenvalue weighted by Gasteiger charge is 2.30. The van der Waals surface area contributed by atoms with Crippen molar-refractivity contribution in [2.24, 2.45) is 5.10 Å². The Labute approximate surface area is 85.8 Å². The van der Waals surface area contributed by atoms with E-state index in [0.717, 1.165) is 18.6 Å². The lowest BCUT2D eigenvalue weighted by molar-refractivity contribution is -0.137. The van der Waals surface area contributed by atoms with Crippen LogP contribution in [-0.2, 0) is 6.18 Å². The number of hydrogen-bond acceptors (Lipinski definition) is 2. The molecule has 1 aromatic rings. The van der Waals surface area contributed by atoms with Gasteiger partial charge in [-0.15, -0.1) is 0 Å². The summed E-state index contributed by atoms with van der Waals surface area (Å²) in [5.74, 6) is 0. The molecular weight excluding hydrogens is 205 g/mol. The summed E-state index contributed by atoms with van der Waals surface area (Å²) >= 11 is 0. The van der Waals surface area contributed by atoms with Gasteiger partial charge in [0.2, 0.25) is 0 Å². The standard InChI is InChI=1S/C10H11F3N2/c1-2-6-14-15-9-5-3-4-8(7-9)10(11,12)13/h3-7,15H,2H2,1H3. The maximum Gasteiger partial charge on any atom is 0.416 e. The zero-order chi connectivity index (χ0) is 11.3. The Morgan fingerprint density at radius 3 is 2.73 bits per heavy atom. The molecule has 1 aromatic carbocycles. The van der Waals surface area contributed by atoms with Crippen LogP contribution in [0.2, 0.25) is 0 Å². The van der Waals surface area contributed by atoms with Gasteiger partial charge in [-0.2, -0.15) is 18.3 Å². The van der Waals surface area contributed by atoms with Gasteiger partial charge in [0.05, 0.1) is 11.3 Å². The van der Waals surface area contributed by atoms with E-state index < -0.39 is 11.7 Å². The van der Waals surface area contributed by atoms with Crippen molar-refractivity contribution in [2.45, 2.75) is 19.5 Å². The largest absolute Gasteiger partial charge is 0.416 e. The first kappa shape index (κ1) is 11.6. The minimum Gasteiger partial charge on any atom is -0.279 e. The summed E-state index contributed by atoms with van der Waals surface area (Å²) in [4.78, 5) is 0. The molecule has 0 aliphatic carbocycles. The van der Waals surface area contributed by atoms with E-state index in [1.165, 1.54) is 12.1 Å². The highest BCUT2D eigenvalue weighted by Crippen LogP contribution is 2.30. The maximum absolute atomic E-state index is 12.3. The van der Waals surface area contributed by atoms with Gasteiger partial charge >= 0.3 is 6.18 Å². The van der Waals surface area contributed by atoms with Gasteiger partial charge in [-0.1, -0.05) is 13.0 Å². The fraction of sp³-hybridized carbons (Fsp3) is 0.300. The van der Waals surface area contributed by atoms with E-state index >= 15 is 0 Å². The zero-order valence-corrected chi connectivity index (χ0v) is 8.17. The molecule has 0 saturated carbocycles. The van der Waals surface area contributed by atoms with Gasteiger partial charge in [0.25, 0.3) is 0 Å². The molecule has 0 aliphatic rings. The topological polar surface area (TPSA) is 24.4 Å². The Bertz CT molecular complexity index is 345. The zero-order valence-electron chi connectivity index (χ0n) is 8.17. The number of alkyl halides is 3. The van der Waals surface area contributed by atoms with Gasteiger partial charge in [-0.25, -0.2) is 0 Å². The normalized spacial score (nSPS) is 12.0. The van der Waals surface area contributed by atoms with Gasteiger partial charge in [0.1, 0.15) is 0 Å². The van der Waals surface area contributed by atoms with Crippen LogP contribution >= 0.6 is 0 Å². The first-order chi connectivity index (χ1) is 7.04. The van der Waals surface area contributed by atoms with Crippen molar-refractivity contribution in [2.75, 3.05) is 5.43 Å². The van der Waals surface area contributed by atoms with Crippen molar-refractivity contribution in [3.8, 4) is 0 Å². The van der Waals surface area contributed by atoms with Crippen LogP contribution in [0.25, 0.3) is 0 Å². The van der Waals surface area contributed by atoms with Crippen molar-refractivity contribution in [1.29, 1.82) is 0 Å². The van der Waals surface area contributed by atoms with Crippen LogP contribution in [0, 0.1) is 0 Å². The number of hydrazone groups is 1. The van der Waals surface area contributed by atoms with Gasteiger partial charge in [0.15, 0.2) is 0 Å². The highest BCUT2D eigenvalue weighted by atomic mass is 19.4. The molecular formula is C10H11F3N2. The van der Waals surface area contributed by atoms with Crippen LogP contribution in [0.5, 0.6) is 0 Å². The molecule has 0 unspecified atom stereocenters. The van der Waals surface area contributed by atoms with Gasteiger partial charge < -0.3 is 0 Å². The third-order valence-electron chi connectivity index (χ3n) is 1.66. The summed E-state index contributed by atoms with van der Waals surface area (Å²) < 4.78 is 36.9. The minimum absolute atomic E-state index is 0.328. The van der Waals surface area contributed by atoms with Crippen molar-refractivity contribution in [1.82, 2.24) is 0 Å². The number of hydrogen-bond donors (Lipinski definition) is 1. The van der Waals surface area contributed by atoms with Crippen LogP contribution in [0.4, 0.5) is 18.9 Å². The second-order valence-corrected chi connectivity index (χ2v) is 2.91. The molecule has 82 valence electrons. The van der Waals surface area contributed by atoms with Gasteiger partial charge in [0, 0.05) is 6.21 Å². The lowest BCUT2D eigenvalue weighted by atomic mass is 10.2. The molecule has 0 atom stereocenters. The summed E-state index contributed by atoms with van der Waals surface area (Å²) in [6, 6.07) is 4.91. The molecule has 0 amide bonds. The third-order valence-corrected chi connectivity index (χ3v) is 1.66. The van der Waals surface area contributed by atoms with Crippen LogP contribution in [0.15, 0.2) is 29.4 Å². The molecule has 2 nitrogen and oxygen atoms in total. The molecule has 0 spiro atoms. The molecule has 0 fully saturated rings. The predicted octanol–water partition coefficient (Wildman–Crippen LogP) is 3.51. The van der Waals surface area contributed by atoms with E-state index in [4.69, 9.17) is 0 Å². The van der Waals surface area contributed by atoms with E-state index in [1.54, 1.807) is 6.21 Å². The van der Waals surface area contributed by atoms with Crippen molar-refractivity contribution < 1.29 is 13.2 Å². The first-order valence-electron chi connectivity index (χ1n) is 4.49. The average molecular weight is 216 g/mol. The second kappa shape index (κ2) is 4.82. The molecule has 1 N–H and O–H groups in total.